The second-order valence-electron chi connectivity index (χ2n) is 8.52. The smallest absolute Gasteiger partial charge is 0.252 e. The predicted molar refractivity (Wildman–Crippen MR) is 118 cm³/mol. The maximum Gasteiger partial charge on any atom is 0.252 e. The molecule has 0 unspecified atom stereocenters. The highest BCUT2D eigenvalue weighted by atomic mass is 16.5. The molecule has 2 aliphatic heterocycles. The zero-order valence-electron chi connectivity index (χ0n) is 18.7. The predicted octanol–water partition coefficient (Wildman–Crippen LogP) is 2.69. The average Bonchev–Trinajstić information content (AvgIpc) is 2.83. The second-order valence-corrected chi connectivity index (χ2v) is 8.52. The fraction of sp³-hybridized carbons (Fsp3) is 0.500. The van der Waals surface area contributed by atoms with Crippen molar-refractivity contribution in [1.29, 1.82) is 0 Å². The number of carbonyl (C=O) groups excluding carboxylic acids is 2. The quantitative estimate of drug-likeness (QED) is 0.769. The van der Waals surface area contributed by atoms with Gasteiger partial charge in [0.2, 0.25) is 5.91 Å². The molecule has 0 saturated carbocycles. The molecule has 170 valence electrons. The lowest BCUT2D eigenvalue weighted by Crippen LogP contribution is -2.52. The third-order valence-corrected chi connectivity index (χ3v) is 6.72. The van der Waals surface area contributed by atoms with Crippen LogP contribution in [0.4, 0.5) is 0 Å². The number of methoxy groups -OCH3 is 1. The Labute approximate surface area is 188 Å². The number of piperidine rings is 1. The standard InChI is InChI=1S/C24H30N4O4/c1-16-19(21(25)29)15-26-22(27-16)20-5-3-4-12-28(20)23(30)24(10-13-32-14-11-24)17-6-8-18(31-2)9-7-17/h6-9,15,20H,3-5,10-14H2,1-2H3,(H2,25,29)/t20-/m1/s1. The number of carbonyl (C=O) groups is 2. The highest BCUT2D eigenvalue weighted by Gasteiger charge is 2.46. The SMILES string of the molecule is COc1ccc(C2(C(=O)N3CCCC[C@@H]3c3ncc(C(N)=O)c(C)n3)CCOCC2)cc1. The van der Waals surface area contributed by atoms with Crippen molar-refractivity contribution in [3.63, 3.8) is 0 Å². The average molecular weight is 439 g/mol. The normalized spacial score (nSPS) is 20.6. The fourth-order valence-electron chi connectivity index (χ4n) is 4.86. The Hall–Kier alpha value is -3.00. The molecule has 0 aliphatic carbocycles. The van der Waals surface area contributed by atoms with Crippen molar-refractivity contribution in [1.82, 2.24) is 14.9 Å². The van der Waals surface area contributed by atoms with Gasteiger partial charge in [0, 0.05) is 26.0 Å². The Morgan fingerprint density at radius 3 is 2.53 bits per heavy atom. The maximum atomic E-state index is 14.2. The van der Waals surface area contributed by atoms with Gasteiger partial charge >= 0.3 is 0 Å². The van der Waals surface area contributed by atoms with Gasteiger partial charge in [-0.1, -0.05) is 12.1 Å². The van der Waals surface area contributed by atoms with Gasteiger partial charge in [0.15, 0.2) is 5.82 Å². The van der Waals surface area contributed by atoms with Crippen LogP contribution in [-0.2, 0) is 14.9 Å². The van der Waals surface area contributed by atoms with Crippen LogP contribution in [-0.4, -0.2) is 53.6 Å². The second kappa shape index (κ2) is 9.24. The summed E-state index contributed by atoms with van der Waals surface area (Å²) in [5, 5.41) is 0. The van der Waals surface area contributed by atoms with Gasteiger partial charge in [0.05, 0.1) is 29.8 Å². The number of hydrogen-bond acceptors (Lipinski definition) is 6. The van der Waals surface area contributed by atoms with E-state index < -0.39 is 11.3 Å². The molecule has 1 atom stereocenters. The lowest BCUT2D eigenvalue weighted by molar-refractivity contribution is -0.145. The number of benzene rings is 1. The molecule has 2 saturated heterocycles. The monoisotopic (exact) mass is 438 g/mol. The summed E-state index contributed by atoms with van der Waals surface area (Å²) in [6.07, 6.45) is 5.45. The van der Waals surface area contributed by atoms with E-state index in [0.29, 0.717) is 49.7 Å². The number of nitrogens with two attached hydrogens (primary N) is 1. The summed E-state index contributed by atoms with van der Waals surface area (Å²) >= 11 is 0. The largest absolute Gasteiger partial charge is 0.497 e. The van der Waals surface area contributed by atoms with Gasteiger partial charge in [-0.05, 0) is 56.7 Å². The van der Waals surface area contributed by atoms with E-state index in [9.17, 15) is 9.59 Å². The minimum Gasteiger partial charge on any atom is -0.497 e. The van der Waals surface area contributed by atoms with Crippen LogP contribution in [0.2, 0.25) is 0 Å². The third kappa shape index (κ3) is 4.07. The molecule has 32 heavy (non-hydrogen) atoms. The molecule has 3 heterocycles. The van der Waals surface area contributed by atoms with Crippen LogP contribution in [0.3, 0.4) is 0 Å². The molecular formula is C24H30N4O4. The first-order valence-electron chi connectivity index (χ1n) is 11.1. The van der Waals surface area contributed by atoms with Crippen LogP contribution in [0.15, 0.2) is 30.5 Å². The summed E-state index contributed by atoms with van der Waals surface area (Å²) in [5.41, 5.74) is 6.59. The van der Waals surface area contributed by atoms with Crippen LogP contribution in [0.25, 0.3) is 0 Å². The highest BCUT2D eigenvalue weighted by molar-refractivity contribution is 5.93. The topological polar surface area (TPSA) is 108 Å². The van der Waals surface area contributed by atoms with Crippen LogP contribution >= 0.6 is 0 Å². The van der Waals surface area contributed by atoms with Gasteiger partial charge in [-0.3, -0.25) is 9.59 Å². The Kier molecular flexibility index (Phi) is 6.41. The van der Waals surface area contributed by atoms with Crippen molar-refractivity contribution < 1.29 is 19.1 Å². The fourth-order valence-corrected chi connectivity index (χ4v) is 4.86. The minimum absolute atomic E-state index is 0.0934. The number of ether oxygens (including phenoxy) is 2. The summed E-state index contributed by atoms with van der Waals surface area (Å²) < 4.78 is 10.9. The Morgan fingerprint density at radius 2 is 1.91 bits per heavy atom. The molecule has 2 fully saturated rings. The van der Waals surface area contributed by atoms with E-state index in [-0.39, 0.29) is 11.9 Å². The van der Waals surface area contributed by atoms with Crippen molar-refractivity contribution in [3.05, 3.63) is 53.1 Å². The maximum absolute atomic E-state index is 14.2. The van der Waals surface area contributed by atoms with E-state index in [1.54, 1.807) is 14.0 Å². The van der Waals surface area contributed by atoms with Crippen LogP contribution < -0.4 is 10.5 Å². The van der Waals surface area contributed by atoms with E-state index in [1.807, 2.05) is 29.2 Å². The molecule has 1 aromatic heterocycles. The van der Waals surface area contributed by atoms with Crippen LogP contribution in [0, 0.1) is 6.92 Å². The number of hydrogen-bond donors (Lipinski definition) is 1. The Bertz CT molecular complexity index is 986. The van der Waals surface area contributed by atoms with Crippen molar-refractivity contribution in [3.8, 4) is 5.75 Å². The zero-order chi connectivity index (χ0) is 22.7. The minimum atomic E-state index is -0.650. The molecule has 0 bridgehead atoms. The first kappa shape index (κ1) is 22.2. The lowest BCUT2D eigenvalue weighted by Gasteiger charge is -2.44. The number of likely N-dealkylation sites (tertiary alicyclic amines) is 1. The Balaban J connectivity index is 1.70. The molecule has 8 nitrogen and oxygen atoms in total. The summed E-state index contributed by atoms with van der Waals surface area (Å²) in [4.78, 5) is 36.7. The summed E-state index contributed by atoms with van der Waals surface area (Å²) in [6, 6.07) is 7.56. The van der Waals surface area contributed by atoms with Crippen LogP contribution in [0.1, 0.15) is 65.6 Å². The van der Waals surface area contributed by atoms with Crippen LogP contribution in [0.5, 0.6) is 5.75 Å². The van der Waals surface area contributed by atoms with E-state index in [2.05, 4.69) is 9.97 Å². The molecule has 2 N–H and O–H groups in total. The molecule has 1 aromatic carbocycles. The van der Waals surface area contributed by atoms with Gasteiger partial charge in [-0.15, -0.1) is 0 Å². The number of amides is 2. The lowest BCUT2D eigenvalue weighted by atomic mass is 9.72. The van der Waals surface area contributed by atoms with Crippen molar-refractivity contribution >= 4 is 11.8 Å². The molecule has 0 spiro atoms. The molecule has 2 aliphatic rings. The van der Waals surface area contributed by atoms with Gasteiger partial charge in [0.1, 0.15) is 5.75 Å². The third-order valence-electron chi connectivity index (χ3n) is 6.72. The number of aromatic nitrogens is 2. The van der Waals surface area contributed by atoms with Crippen molar-refractivity contribution in [2.24, 2.45) is 5.73 Å². The van der Waals surface area contributed by atoms with Gasteiger partial charge in [0.25, 0.3) is 5.91 Å². The molecule has 4 rings (SSSR count). The summed E-state index contributed by atoms with van der Waals surface area (Å²) in [7, 11) is 1.63. The molecule has 8 heteroatoms. The van der Waals surface area contributed by atoms with Crippen molar-refractivity contribution in [2.75, 3.05) is 26.9 Å². The summed E-state index contributed by atoms with van der Waals surface area (Å²) in [6.45, 7) is 3.48. The molecule has 2 aromatic rings. The van der Waals surface area contributed by atoms with Gasteiger partial charge in [-0.2, -0.15) is 0 Å². The van der Waals surface area contributed by atoms with Gasteiger partial charge in [-0.25, -0.2) is 9.97 Å². The van der Waals surface area contributed by atoms with E-state index in [1.165, 1.54) is 6.20 Å². The highest BCUT2D eigenvalue weighted by Crippen LogP contribution is 2.41. The molecule has 2 amide bonds. The number of primary amides is 1. The molecular weight excluding hydrogens is 408 g/mol. The zero-order valence-corrected chi connectivity index (χ0v) is 18.7. The number of rotatable bonds is 5. The van der Waals surface area contributed by atoms with E-state index in [4.69, 9.17) is 15.2 Å². The van der Waals surface area contributed by atoms with E-state index >= 15 is 0 Å². The Morgan fingerprint density at radius 1 is 1.19 bits per heavy atom. The molecule has 0 radical (unpaired) electrons. The van der Waals surface area contributed by atoms with E-state index in [0.717, 1.165) is 30.6 Å². The number of nitrogens with zero attached hydrogens (tertiary/aromatic N) is 3. The summed E-state index contributed by atoms with van der Waals surface area (Å²) in [5.74, 6) is 0.873. The van der Waals surface area contributed by atoms with Gasteiger partial charge < -0.3 is 20.1 Å². The first-order valence-corrected chi connectivity index (χ1v) is 11.1. The van der Waals surface area contributed by atoms with Crippen molar-refractivity contribution in [2.45, 2.75) is 50.5 Å². The first-order chi connectivity index (χ1) is 15.5. The number of aryl methyl sites for hydroxylation is 1.